The first-order chi connectivity index (χ1) is 17.1. The molecule has 3 heterocycles. The van der Waals surface area contributed by atoms with Crippen molar-refractivity contribution in [2.45, 2.75) is 44.1 Å². The highest BCUT2D eigenvalue weighted by Crippen LogP contribution is 2.45. The van der Waals surface area contributed by atoms with Crippen LogP contribution in [0.2, 0.25) is 0 Å². The van der Waals surface area contributed by atoms with Crippen LogP contribution < -0.4 is 10.2 Å². The summed E-state index contributed by atoms with van der Waals surface area (Å²) in [6.45, 7) is 6.28. The smallest absolute Gasteiger partial charge is 0.225 e. The zero-order chi connectivity index (χ0) is 24.4. The van der Waals surface area contributed by atoms with Gasteiger partial charge in [0, 0.05) is 44.5 Å². The molecular weight excluding hydrogens is 440 g/mol. The quantitative estimate of drug-likeness (QED) is 0.588. The van der Waals surface area contributed by atoms with Gasteiger partial charge in [-0.1, -0.05) is 6.58 Å². The number of ether oxygens (including phenoxy) is 1. The van der Waals surface area contributed by atoms with Crippen molar-refractivity contribution in [2.75, 3.05) is 43.6 Å². The molecule has 1 aliphatic heterocycles. The van der Waals surface area contributed by atoms with Gasteiger partial charge in [0.05, 0.1) is 41.7 Å². The van der Waals surface area contributed by atoms with Crippen LogP contribution in [0.25, 0.3) is 6.08 Å². The third kappa shape index (κ3) is 5.15. The minimum absolute atomic E-state index is 0.159. The second kappa shape index (κ2) is 10.0. The SMILES string of the molecule is C=Cc1cc(Nc2cc(C#N)c(N3CCN(C(=O)CCOC)C(C4CC4)C3)nc2C2CC2)ccn1. The number of carbonyl (C=O) groups excluding carboxylic acids is 1. The van der Waals surface area contributed by atoms with Gasteiger partial charge in [-0.3, -0.25) is 9.78 Å². The van der Waals surface area contributed by atoms with Crippen molar-refractivity contribution >= 4 is 29.2 Å². The highest BCUT2D eigenvalue weighted by Gasteiger charge is 2.41. The summed E-state index contributed by atoms with van der Waals surface area (Å²) >= 11 is 0. The van der Waals surface area contributed by atoms with Gasteiger partial charge in [-0.15, -0.1) is 0 Å². The number of nitrogens with zero attached hydrogens (tertiary/aromatic N) is 5. The molecule has 1 N–H and O–H groups in total. The highest BCUT2D eigenvalue weighted by molar-refractivity contribution is 5.77. The van der Waals surface area contributed by atoms with Crippen molar-refractivity contribution in [3.8, 4) is 6.07 Å². The van der Waals surface area contributed by atoms with Crippen LogP contribution >= 0.6 is 0 Å². The Bertz CT molecular complexity index is 1150. The fourth-order valence-electron chi connectivity index (χ4n) is 4.93. The molecule has 3 aliphatic rings. The normalized spacial score (nSPS) is 19.8. The van der Waals surface area contributed by atoms with Crippen LogP contribution in [0.1, 0.15) is 55.0 Å². The van der Waals surface area contributed by atoms with Gasteiger partial charge in [0.15, 0.2) is 0 Å². The van der Waals surface area contributed by atoms with E-state index in [4.69, 9.17) is 9.72 Å². The zero-order valence-electron chi connectivity index (χ0n) is 20.2. The third-order valence-electron chi connectivity index (χ3n) is 7.11. The van der Waals surface area contributed by atoms with E-state index < -0.39 is 0 Å². The maximum absolute atomic E-state index is 12.8. The fourth-order valence-corrected chi connectivity index (χ4v) is 4.93. The molecule has 0 aromatic carbocycles. The highest BCUT2D eigenvalue weighted by atomic mass is 16.5. The van der Waals surface area contributed by atoms with Crippen LogP contribution in [0.5, 0.6) is 0 Å². The molecule has 35 heavy (non-hydrogen) atoms. The lowest BCUT2D eigenvalue weighted by Gasteiger charge is -2.42. The Balaban J connectivity index is 1.42. The topological polar surface area (TPSA) is 94.4 Å². The number of aromatic nitrogens is 2. The Kier molecular flexibility index (Phi) is 6.69. The van der Waals surface area contributed by atoms with Crippen LogP contribution in [0.15, 0.2) is 31.0 Å². The van der Waals surface area contributed by atoms with Gasteiger partial charge in [0.2, 0.25) is 5.91 Å². The molecule has 2 aromatic heterocycles. The number of hydrogen-bond acceptors (Lipinski definition) is 7. The molecule has 2 aliphatic carbocycles. The Hall–Kier alpha value is -3.44. The van der Waals surface area contributed by atoms with E-state index in [0.29, 0.717) is 43.5 Å². The lowest BCUT2D eigenvalue weighted by molar-refractivity contribution is -0.135. The Morgan fingerprint density at radius 3 is 2.83 bits per heavy atom. The molecule has 1 saturated heterocycles. The maximum Gasteiger partial charge on any atom is 0.225 e. The summed E-state index contributed by atoms with van der Waals surface area (Å²) in [6, 6.07) is 8.32. The maximum atomic E-state index is 12.8. The molecule has 0 spiro atoms. The van der Waals surface area contributed by atoms with E-state index in [2.05, 4.69) is 27.8 Å². The van der Waals surface area contributed by atoms with Crippen LogP contribution in [-0.2, 0) is 9.53 Å². The molecule has 1 unspecified atom stereocenters. The van der Waals surface area contributed by atoms with Crippen molar-refractivity contribution in [3.05, 3.63) is 47.9 Å². The molecule has 1 atom stereocenters. The largest absolute Gasteiger partial charge is 0.384 e. The number of pyridine rings is 2. The van der Waals surface area contributed by atoms with Gasteiger partial charge in [0.1, 0.15) is 11.9 Å². The van der Waals surface area contributed by atoms with E-state index >= 15 is 0 Å². The molecule has 8 heteroatoms. The Morgan fingerprint density at radius 2 is 2.14 bits per heavy atom. The monoisotopic (exact) mass is 472 g/mol. The Morgan fingerprint density at radius 1 is 1.31 bits per heavy atom. The summed E-state index contributed by atoms with van der Waals surface area (Å²) in [5.41, 5.74) is 4.13. The molecular formula is C27H32N6O2. The van der Waals surface area contributed by atoms with Gasteiger partial charge in [-0.25, -0.2) is 4.98 Å². The van der Waals surface area contributed by atoms with Gasteiger partial charge < -0.3 is 19.9 Å². The van der Waals surface area contributed by atoms with Crippen molar-refractivity contribution in [1.29, 1.82) is 5.26 Å². The predicted molar refractivity (Wildman–Crippen MR) is 135 cm³/mol. The van der Waals surface area contributed by atoms with Crippen LogP contribution in [0.4, 0.5) is 17.2 Å². The van der Waals surface area contributed by atoms with E-state index in [0.717, 1.165) is 60.8 Å². The standard InChI is InChI=1S/C27H32N6O2/c1-3-21-15-22(8-10-29-21)30-23-14-20(16-28)27(31-26(23)19-6-7-19)32-11-12-33(25(34)9-13-35-2)24(17-32)18-4-5-18/h3,8,10,14-15,18-19,24H,1,4-7,9,11-13,17H2,2H3,(H,29,30). The van der Waals surface area contributed by atoms with Crippen molar-refractivity contribution < 1.29 is 9.53 Å². The lowest BCUT2D eigenvalue weighted by Crippen LogP contribution is -2.56. The number of carbonyl (C=O) groups is 1. The molecule has 5 rings (SSSR count). The minimum atomic E-state index is 0.159. The van der Waals surface area contributed by atoms with Crippen LogP contribution in [0, 0.1) is 17.2 Å². The number of hydrogen-bond donors (Lipinski definition) is 1. The zero-order valence-corrected chi connectivity index (χ0v) is 20.2. The van der Waals surface area contributed by atoms with Crippen LogP contribution in [-0.4, -0.2) is 60.2 Å². The van der Waals surface area contributed by atoms with Crippen molar-refractivity contribution in [1.82, 2.24) is 14.9 Å². The first kappa shape index (κ1) is 23.3. The number of nitriles is 1. The lowest BCUT2D eigenvalue weighted by atomic mass is 10.0. The van der Waals surface area contributed by atoms with E-state index in [-0.39, 0.29) is 11.9 Å². The fraction of sp³-hybridized carbons (Fsp3) is 0.481. The number of rotatable bonds is 9. The van der Waals surface area contributed by atoms with E-state index in [9.17, 15) is 10.1 Å². The summed E-state index contributed by atoms with van der Waals surface area (Å²) in [5.74, 6) is 1.84. The van der Waals surface area contributed by atoms with Gasteiger partial charge >= 0.3 is 0 Å². The number of methoxy groups -OCH3 is 1. The van der Waals surface area contributed by atoms with E-state index in [1.165, 1.54) is 0 Å². The molecule has 3 fully saturated rings. The van der Waals surface area contributed by atoms with E-state index in [1.807, 2.05) is 23.1 Å². The summed E-state index contributed by atoms with van der Waals surface area (Å²) in [5, 5.41) is 13.5. The van der Waals surface area contributed by atoms with Crippen molar-refractivity contribution in [3.63, 3.8) is 0 Å². The average Bonchev–Trinajstić information content (AvgIpc) is 3.80. The van der Waals surface area contributed by atoms with Gasteiger partial charge in [-0.05, 0) is 55.9 Å². The minimum Gasteiger partial charge on any atom is -0.384 e. The third-order valence-corrected chi connectivity index (χ3v) is 7.11. The Labute approximate surface area is 206 Å². The molecule has 2 aromatic rings. The molecule has 1 amide bonds. The molecule has 0 bridgehead atoms. The first-order valence-electron chi connectivity index (χ1n) is 12.4. The summed E-state index contributed by atoms with van der Waals surface area (Å²) in [7, 11) is 1.63. The van der Waals surface area contributed by atoms with E-state index in [1.54, 1.807) is 19.4 Å². The van der Waals surface area contributed by atoms with Gasteiger partial charge in [0.25, 0.3) is 0 Å². The molecule has 8 nitrogen and oxygen atoms in total. The summed E-state index contributed by atoms with van der Waals surface area (Å²) in [6.07, 6.45) is 8.39. The molecule has 182 valence electrons. The average molecular weight is 473 g/mol. The number of nitrogens with one attached hydrogen (secondary N) is 1. The molecule has 0 radical (unpaired) electrons. The number of anilines is 3. The molecule has 2 saturated carbocycles. The van der Waals surface area contributed by atoms with Crippen LogP contribution in [0.3, 0.4) is 0 Å². The van der Waals surface area contributed by atoms with Gasteiger partial charge in [-0.2, -0.15) is 5.26 Å². The van der Waals surface area contributed by atoms with Crippen molar-refractivity contribution in [2.24, 2.45) is 5.92 Å². The predicted octanol–water partition coefficient (Wildman–Crippen LogP) is 4.08. The summed E-state index contributed by atoms with van der Waals surface area (Å²) < 4.78 is 5.13. The second-order valence-corrected chi connectivity index (χ2v) is 9.66. The first-order valence-corrected chi connectivity index (χ1v) is 12.4. The number of piperazine rings is 1. The second-order valence-electron chi connectivity index (χ2n) is 9.66. The summed E-state index contributed by atoms with van der Waals surface area (Å²) in [4.78, 5) is 26.4. The number of amides is 1.